The molecule has 3 aromatic rings. The van der Waals surface area contributed by atoms with Crippen LogP contribution in [0.3, 0.4) is 0 Å². The van der Waals surface area contributed by atoms with Crippen molar-refractivity contribution in [3.8, 4) is 11.5 Å². The third-order valence-electron chi connectivity index (χ3n) is 5.60. The van der Waals surface area contributed by atoms with Crippen LogP contribution in [0, 0.1) is 0 Å². The third kappa shape index (κ3) is 7.90. The molecule has 0 fully saturated rings. The molecule has 190 valence electrons. The molecule has 0 aliphatic heterocycles. The van der Waals surface area contributed by atoms with Crippen LogP contribution in [0.2, 0.25) is 10.0 Å². The van der Waals surface area contributed by atoms with E-state index in [0.717, 1.165) is 12.0 Å². The van der Waals surface area contributed by atoms with E-state index in [2.05, 4.69) is 5.32 Å². The monoisotopic (exact) mass is 528 g/mol. The normalized spacial score (nSPS) is 11.4. The number of benzene rings is 3. The Kier molecular flexibility index (Phi) is 10.5. The number of carbonyl (C=O) groups excluding carboxylic acids is 2. The van der Waals surface area contributed by atoms with E-state index in [-0.39, 0.29) is 25.0 Å². The first-order valence-corrected chi connectivity index (χ1v) is 12.5. The minimum Gasteiger partial charge on any atom is -0.497 e. The zero-order valence-electron chi connectivity index (χ0n) is 20.4. The summed E-state index contributed by atoms with van der Waals surface area (Å²) in [4.78, 5) is 28.4. The van der Waals surface area contributed by atoms with Gasteiger partial charge in [0.2, 0.25) is 5.91 Å². The summed E-state index contributed by atoms with van der Waals surface area (Å²) in [6, 6.07) is 20.9. The number of hydrogen-bond donors (Lipinski definition) is 1. The van der Waals surface area contributed by atoms with Gasteiger partial charge >= 0.3 is 0 Å². The third-order valence-corrected chi connectivity index (χ3v) is 6.18. The lowest BCUT2D eigenvalue weighted by molar-refractivity contribution is -0.142. The SMILES string of the molecule is CCCNC(=O)[C@H](Cc1ccccc1)N(Cc1ccc(Cl)cc1Cl)C(=O)COc1ccc(OC)cc1. The molecule has 0 unspecified atom stereocenters. The fourth-order valence-electron chi connectivity index (χ4n) is 3.65. The van der Waals surface area contributed by atoms with Crippen molar-refractivity contribution < 1.29 is 19.1 Å². The Labute approximate surface area is 222 Å². The van der Waals surface area contributed by atoms with Gasteiger partial charge < -0.3 is 19.7 Å². The smallest absolute Gasteiger partial charge is 0.261 e. The Balaban J connectivity index is 1.90. The maximum Gasteiger partial charge on any atom is 0.261 e. The molecule has 0 bridgehead atoms. The van der Waals surface area contributed by atoms with E-state index in [1.165, 1.54) is 4.90 Å². The summed E-state index contributed by atoms with van der Waals surface area (Å²) in [7, 11) is 1.58. The fraction of sp³-hybridized carbons (Fsp3) is 0.286. The number of ether oxygens (including phenoxy) is 2. The van der Waals surface area contributed by atoms with Crippen molar-refractivity contribution in [1.82, 2.24) is 10.2 Å². The molecule has 36 heavy (non-hydrogen) atoms. The number of hydrogen-bond acceptors (Lipinski definition) is 4. The van der Waals surface area contributed by atoms with Gasteiger partial charge in [0.15, 0.2) is 6.61 Å². The maximum absolute atomic E-state index is 13.6. The Morgan fingerprint density at radius 1 is 0.972 bits per heavy atom. The predicted molar refractivity (Wildman–Crippen MR) is 143 cm³/mol. The van der Waals surface area contributed by atoms with E-state index >= 15 is 0 Å². The summed E-state index contributed by atoms with van der Waals surface area (Å²) >= 11 is 12.5. The van der Waals surface area contributed by atoms with E-state index in [1.807, 2.05) is 37.3 Å². The minimum absolute atomic E-state index is 0.123. The average molecular weight is 529 g/mol. The topological polar surface area (TPSA) is 67.9 Å². The second-order valence-corrected chi connectivity index (χ2v) is 9.06. The van der Waals surface area contributed by atoms with Crippen molar-refractivity contribution >= 4 is 35.0 Å². The van der Waals surface area contributed by atoms with Crippen molar-refractivity contribution in [3.05, 3.63) is 94.0 Å². The molecule has 0 aromatic heterocycles. The van der Waals surface area contributed by atoms with Gasteiger partial charge in [0.05, 0.1) is 7.11 Å². The maximum atomic E-state index is 13.6. The van der Waals surface area contributed by atoms with Gasteiger partial charge in [-0.1, -0.05) is 66.5 Å². The molecular formula is C28H30Cl2N2O4. The summed E-state index contributed by atoms with van der Waals surface area (Å²) in [5.74, 6) is 0.625. The second kappa shape index (κ2) is 13.8. The van der Waals surface area contributed by atoms with Gasteiger partial charge in [0, 0.05) is 29.6 Å². The molecule has 0 radical (unpaired) electrons. The van der Waals surface area contributed by atoms with Crippen molar-refractivity contribution in [2.75, 3.05) is 20.3 Å². The van der Waals surface area contributed by atoms with Crippen LogP contribution in [0.25, 0.3) is 0 Å². The van der Waals surface area contributed by atoms with Crippen molar-refractivity contribution in [2.45, 2.75) is 32.4 Å². The largest absolute Gasteiger partial charge is 0.497 e. The Bertz CT molecular complexity index is 1140. The fourth-order valence-corrected chi connectivity index (χ4v) is 4.12. The first-order chi connectivity index (χ1) is 17.4. The Morgan fingerprint density at radius 2 is 1.67 bits per heavy atom. The highest BCUT2D eigenvalue weighted by atomic mass is 35.5. The van der Waals surface area contributed by atoms with Gasteiger partial charge in [-0.2, -0.15) is 0 Å². The van der Waals surface area contributed by atoms with Crippen LogP contribution in [0.15, 0.2) is 72.8 Å². The number of nitrogens with one attached hydrogen (secondary N) is 1. The summed E-state index contributed by atoms with van der Waals surface area (Å²) in [5.41, 5.74) is 1.62. The molecular weight excluding hydrogens is 499 g/mol. The number of methoxy groups -OCH3 is 1. The molecule has 0 heterocycles. The highest BCUT2D eigenvalue weighted by Gasteiger charge is 2.31. The second-order valence-electron chi connectivity index (χ2n) is 8.22. The molecule has 3 rings (SSSR count). The Morgan fingerprint density at radius 3 is 2.31 bits per heavy atom. The first-order valence-electron chi connectivity index (χ1n) is 11.7. The number of halogens is 2. The van der Waals surface area contributed by atoms with Crippen LogP contribution in [0.4, 0.5) is 0 Å². The molecule has 0 aliphatic carbocycles. The summed E-state index contributed by atoms with van der Waals surface area (Å²) in [6.45, 7) is 2.36. The van der Waals surface area contributed by atoms with E-state index in [1.54, 1.807) is 49.6 Å². The number of carbonyl (C=O) groups is 2. The average Bonchev–Trinajstić information content (AvgIpc) is 2.89. The van der Waals surface area contributed by atoms with E-state index in [9.17, 15) is 9.59 Å². The van der Waals surface area contributed by atoms with Crippen LogP contribution in [0.5, 0.6) is 11.5 Å². The first kappa shape index (κ1) is 27.4. The predicted octanol–water partition coefficient (Wildman–Crippen LogP) is 5.55. The lowest BCUT2D eigenvalue weighted by Gasteiger charge is -2.31. The van der Waals surface area contributed by atoms with Crippen molar-refractivity contribution in [1.29, 1.82) is 0 Å². The van der Waals surface area contributed by atoms with Gasteiger partial charge in [-0.3, -0.25) is 9.59 Å². The van der Waals surface area contributed by atoms with E-state index in [0.29, 0.717) is 40.1 Å². The molecule has 0 saturated heterocycles. The summed E-state index contributed by atoms with van der Waals surface area (Å²) in [5, 5.41) is 3.85. The lowest BCUT2D eigenvalue weighted by atomic mass is 10.0. The van der Waals surface area contributed by atoms with Crippen LogP contribution < -0.4 is 14.8 Å². The zero-order chi connectivity index (χ0) is 25.9. The lowest BCUT2D eigenvalue weighted by Crippen LogP contribution is -2.51. The Hall–Kier alpha value is -3.22. The number of amides is 2. The van der Waals surface area contributed by atoms with Gasteiger partial charge in [0.1, 0.15) is 17.5 Å². The molecule has 0 spiro atoms. The zero-order valence-corrected chi connectivity index (χ0v) is 21.9. The molecule has 0 aliphatic rings. The number of nitrogens with zero attached hydrogens (tertiary/aromatic N) is 1. The quantitative estimate of drug-likeness (QED) is 0.334. The summed E-state index contributed by atoms with van der Waals surface area (Å²) in [6.07, 6.45) is 1.12. The summed E-state index contributed by atoms with van der Waals surface area (Å²) < 4.78 is 10.9. The van der Waals surface area contributed by atoms with E-state index < -0.39 is 6.04 Å². The molecule has 1 N–H and O–H groups in total. The van der Waals surface area contributed by atoms with Gasteiger partial charge in [-0.25, -0.2) is 0 Å². The van der Waals surface area contributed by atoms with Gasteiger partial charge in [-0.15, -0.1) is 0 Å². The highest BCUT2D eigenvalue weighted by Crippen LogP contribution is 2.24. The van der Waals surface area contributed by atoms with Gasteiger partial charge in [0.25, 0.3) is 5.91 Å². The van der Waals surface area contributed by atoms with Crippen LogP contribution >= 0.6 is 23.2 Å². The van der Waals surface area contributed by atoms with E-state index in [4.69, 9.17) is 32.7 Å². The standard InChI is InChI=1S/C28H30Cl2N2O4/c1-3-15-31-28(34)26(16-20-7-5-4-6-8-20)32(18-21-9-10-22(29)17-25(21)30)27(33)19-36-24-13-11-23(35-2)12-14-24/h4-14,17,26H,3,15-16,18-19H2,1-2H3,(H,31,34)/t26-/m0/s1. The number of rotatable bonds is 12. The van der Waals surface area contributed by atoms with Gasteiger partial charge in [-0.05, 0) is 53.9 Å². The highest BCUT2D eigenvalue weighted by molar-refractivity contribution is 6.35. The molecule has 8 heteroatoms. The molecule has 6 nitrogen and oxygen atoms in total. The molecule has 3 aromatic carbocycles. The van der Waals surface area contributed by atoms with Crippen molar-refractivity contribution in [3.63, 3.8) is 0 Å². The van der Waals surface area contributed by atoms with Crippen LogP contribution in [-0.4, -0.2) is 43.0 Å². The van der Waals surface area contributed by atoms with Crippen LogP contribution in [0.1, 0.15) is 24.5 Å². The molecule has 1 atom stereocenters. The van der Waals surface area contributed by atoms with Crippen LogP contribution in [-0.2, 0) is 22.6 Å². The minimum atomic E-state index is -0.766. The molecule has 0 saturated carbocycles. The molecule has 2 amide bonds. The van der Waals surface area contributed by atoms with Crippen molar-refractivity contribution in [2.24, 2.45) is 0 Å².